The number of esters is 1. The predicted octanol–water partition coefficient (Wildman–Crippen LogP) is 4.66. The van der Waals surface area contributed by atoms with E-state index in [0.29, 0.717) is 17.8 Å². The molecule has 2 bridgehead atoms. The van der Waals surface area contributed by atoms with E-state index >= 15 is 0 Å². The van der Waals surface area contributed by atoms with E-state index in [0.717, 1.165) is 44.9 Å². The third kappa shape index (κ3) is 2.39. The average Bonchev–Trinajstić information content (AvgIpc) is 2.81. The van der Waals surface area contributed by atoms with E-state index in [4.69, 9.17) is 4.74 Å². The van der Waals surface area contributed by atoms with Crippen molar-refractivity contribution in [2.24, 2.45) is 39.9 Å². The topological polar surface area (TPSA) is 63.6 Å². The Balaban J connectivity index is 1.64. The molecule has 0 aromatic rings. The Morgan fingerprint density at radius 3 is 2.35 bits per heavy atom. The van der Waals surface area contributed by atoms with E-state index in [-0.39, 0.29) is 34.2 Å². The largest absolute Gasteiger partial charge is 0.481 e. The van der Waals surface area contributed by atoms with E-state index in [9.17, 15) is 14.7 Å². The Morgan fingerprint density at radius 2 is 1.69 bits per heavy atom. The highest BCUT2D eigenvalue weighted by atomic mass is 16.5. The molecule has 0 heterocycles. The SMILES string of the molecule is CC(=O)O[C@@H]1CC[C@]2(C)[C@H](CC[C@@]34C[C@@H](CC[C@H]32)[C@H](C(=O)O)C4)C1(C)C. The van der Waals surface area contributed by atoms with Crippen molar-refractivity contribution in [2.75, 3.05) is 0 Å². The van der Waals surface area contributed by atoms with E-state index < -0.39 is 5.97 Å². The summed E-state index contributed by atoms with van der Waals surface area (Å²) in [4.78, 5) is 23.4. The molecule has 4 heteroatoms. The molecule has 4 nitrogen and oxygen atoms in total. The molecule has 4 rings (SSSR count). The van der Waals surface area contributed by atoms with Gasteiger partial charge in [0.2, 0.25) is 0 Å². The molecule has 0 aromatic carbocycles. The monoisotopic (exact) mass is 362 g/mol. The van der Waals surface area contributed by atoms with Gasteiger partial charge >= 0.3 is 11.9 Å². The first-order chi connectivity index (χ1) is 12.1. The minimum absolute atomic E-state index is 0.0120. The highest BCUT2D eigenvalue weighted by molar-refractivity contribution is 5.71. The van der Waals surface area contributed by atoms with Crippen LogP contribution < -0.4 is 0 Å². The van der Waals surface area contributed by atoms with E-state index in [2.05, 4.69) is 20.8 Å². The lowest BCUT2D eigenvalue weighted by Crippen LogP contribution is -2.59. The number of ether oxygens (including phenoxy) is 1. The Morgan fingerprint density at radius 1 is 0.962 bits per heavy atom. The normalized spacial score (nSPS) is 49.0. The van der Waals surface area contributed by atoms with E-state index in [1.807, 2.05) is 0 Å². The van der Waals surface area contributed by atoms with Crippen LogP contribution >= 0.6 is 0 Å². The van der Waals surface area contributed by atoms with Crippen molar-refractivity contribution < 1.29 is 19.4 Å². The predicted molar refractivity (Wildman–Crippen MR) is 98.4 cm³/mol. The standard InChI is InChI=1S/C22H34O4/c1-13(23)26-18-8-9-21(4)16(20(18,2)3)7-10-22-11-14(5-6-17(21)22)15(12-22)19(24)25/h14-18H,5-12H2,1-4H3,(H,24,25)/t14-,15-,16-,17+,18-,21-,22+/m1/s1. The zero-order chi connectivity index (χ0) is 18.9. The van der Waals surface area contributed by atoms with Crippen LogP contribution in [-0.2, 0) is 14.3 Å². The molecule has 1 N–H and O–H groups in total. The number of aliphatic carboxylic acids is 1. The van der Waals surface area contributed by atoms with Gasteiger partial charge in [-0.25, -0.2) is 0 Å². The third-order valence-corrected chi connectivity index (χ3v) is 9.25. The summed E-state index contributed by atoms with van der Waals surface area (Å²) in [6.07, 6.45) is 8.67. The molecule has 4 aliphatic rings. The van der Waals surface area contributed by atoms with Gasteiger partial charge in [0.15, 0.2) is 0 Å². The van der Waals surface area contributed by atoms with Gasteiger partial charge in [0.1, 0.15) is 6.10 Å². The van der Waals surface area contributed by atoms with Crippen molar-refractivity contribution in [3.05, 3.63) is 0 Å². The molecular weight excluding hydrogens is 328 g/mol. The Bertz CT molecular complexity index is 626. The molecule has 0 aliphatic heterocycles. The minimum atomic E-state index is -0.571. The number of carboxylic acids is 1. The summed E-state index contributed by atoms with van der Waals surface area (Å²) in [5.41, 5.74) is 0.486. The molecule has 0 unspecified atom stereocenters. The highest BCUT2D eigenvalue weighted by Crippen LogP contribution is 2.72. The second kappa shape index (κ2) is 5.72. The zero-order valence-corrected chi connectivity index (χ0v) is 16.7. The molecule has 146 valence electrons. The summed E-state index contributed by atoms with van der Waals surface area (Å²) >= 11 is 0. The summed E-state index contributed by atoms with van der Waals surface area (Å²) in [6, 6.07) is 0. The van der Waals surface area contributed by atoms with Crippen LogP contribution in [0.4, 0.5) is 0 Å². The third-order valence-electron chi connectivity index (χ3n) is 9.25. The smallest absolute Gasteiger partial charge is 0.306 e. The molecule has 0 aromatic heterocycles. The van der Waals surface area contributed by atoms with Gasteiger partial charge in [-0.15, -0.1) is 0 Å². The van der Waals surface area contributed by atoms with Gasteiger partial charge in [0.05, 0.1) is 5.92 Å². The minimum Gasteiger partial charge on any atom is -0.481 e. The molecule has 7 atom stereocenters. The Labute approximate surface area is 157 Å². The fraction of sp³-hybridized carbons (Fsp3) is 0.909. The molecule has 1 spiro atoms. The molecule has 0 saturated heterocycles. The van der Waals surface area contributed by atoms with Gasteiger partial charge in [-0.1, -0.05) is 20.8 Å². The number of rotatable bonds is 2. The van der Waals surface area contributed by atoms with Gasteiger partial charge in [-0.3, -0.25) is 9.59 Å². The van der Waals surface area contributed by atoms with Crippen LogP contribution in [-0.4, -0.2) is 23.1 Å². The maximum atomic E-state index is 11.8. The van der Waals surface area contributed by atoms with Crippen molar-refractivity contribution in [3.8, 4) is 0 Å². The lowest BCUT2D eigenvalue weighted by Gasteiger charge is -2.65. The molecule has 4 saturated carbocycles. The Hall–Kier alpha value is -1.06. The summed E-state index contributed by atoms with van der Waals surface area (Å²) in [5, 5.41) is 9.70. The number of hydrogen-bond acceptors (Lipinski definition) is 3. The Kier molecular flexibility index (Phi) is 4.03. The quantitative estimate of drug-likeness (QED) is 0.726. The van der Waals surface area contributed by atoms with Crippen LogP contribution in [0, 0.1) is 39.9 Å². The molecule has 0 amide bonds. The maximum absolute atomic E-state index is 11.8. The molecule has 4 aliphatic carbocycles. The number of fused-ring (bicyclic) bond motifs is 3. The second-order valence-electron chi connectivity index (χ2n) is 10.7. The number of carbonyl (C=O) groups is 2. The number of carbonyl (C=O) groups excluding carboxylic acids is 1. The fourth-order valence-corrected chi connectivity index (χ4v) is 8.35. The first kappa shape index (κ1) is 18.3. The molecule has 26 heavy (non-hydrogen) atoms. The van der Waals surface area contributed by atoms with Gasteiger partial charge in [0.25, 0.3) is 0 Å². The maximum Gasteiger partial charge on any atom is 0.306 e. The average molecular weight is 363 g/mol. The lowest BCUT2D eigenvalue weighted by molar-refractivity contribution is -0.197. The first-order valence-corrected chi connectivity index (χ1v) is 10.5. The zero-order valence-electron chi connectivity index (χ0n) is 16.7. The number of carboxylic acid groups (broad SMARTS) is 1. The van der Waals surface area contributed by atoms with Crippen LogP contribution in [0.25, 0.3) is 0 Å². The van der Waals surface area contributed by atoms with Crippen LogP contribution in [0.5, 0.6) is 0 Å². The summed E-state index contributed by atoms with van der Waals surface area (Å²) < 4.78 is 5.73. The molecule has 4 fully saturated rings. The van der Waals surface area contributed by atoms with Crippen LogP contribution in [0.3, 0.4) is 0 Å². The van der Waals surface area contributed by atoms with Crippen LogP contribution in [0.2, 0.25) is 0 Å². The van der Waals surface area contributed by atoms with Crippen molar-refractivity contribution in [3.63, 3.8) is 0 Å². The second-order valence-corrected chi connectivity index (χ2v) is 10.7. The molecule has 0 radical (unpaired) electrons. The van der Waals surface area contributed by atoms with Crippen molar-refractivity contribution in [1.29, 1.82) is 0 Å². The molecular formula is C22H34O4. The van der Waals surface area contributed by atoms with Crippen LogP contribution in [0.15, 0.2) is 0 Å². The van der Waals surface area contributed by atoms with Gasteiger partial charge < -0.3 is 9.84 Å². The van der Waals surface area contributed by atoms with E-state index in [1.165, 1.54) is 13.3 Å². The summed E-state index contributed by atoms with van der Waals surface area (Å²) in [7, 11) is 0. The fourth-order valence-electron chi connectivity index (χ4n) is 8.35. The van der Waals surface area contributed by atoms with Gasteiger partial charge in [0, 0.05) is 12.3 Å². The van der Waals surface area contributed by atoms with Crippen molar-refractivity contribution >= 4 is 11.9 Å². The van der Waals surface area contributed by atoms with Gasteiger partial charge in [-0.2, -0.15) is 0 Å². The van der Waals surface area contributed by atoms with Crippen molar-refractivity contribution in [1.82, 2.24) is 0 Å². The summed E-state index contributed by atoms with van der Waals surface area (Å²) in [6.45, 7) is 8.58. The first-order valence-electron chi connectivity index (χ1n) is 10.5. The van der Waals surface area contributed by atoms with Gasteiger partial charge in [-0.05, 0) is 80.0 Å². The van der Waals surface area contributed by atoms with Crippen molar-refractivity contribution in [2.45, 2.75) is 85.2 Å². The van der Waals surface area contributed by atoms with Crippen LogP contribution in [0.1, 0.15) is 79.1 Å². The highest BCUT2D eigenvalue weighted by Gasteiger charge is 2.66. The summed E-state index contributed by atoms with van der Waals surface area (Å²) in [5.74, 6) is 0.717. The van der Waals surface area contributed by atoms with E-state index in [1.54, 1.807) is 0 Å². The number of hydrogen-bond donors (Lipinski definition) is 1. The lowest BCUT2D eigenvalue weighted by atomic mass is 9.41.